The molecule has 168 valence electrons. The summed E-state index contributed by atoms with van der Waals surface area (Å²) in [4.78, 5) is 49.6. The normalized spacial score (nSPS) is 30.0. The number of carbonyl (C=O) groups excluding carboxylic acids is 4. The minimum absolute atomic E-state index is 0.00954. The van der Waals surface area contributed by atoms with E-state index in [4.69, 9.17) is 4.74 Å². The summed E-state index contributed by atoms with van der Waals surface area (Å²) in [5.74, 6) is -2.56. The van der Waals surface area contributed by atoms with Crippen LogP contribution in [0.5, 0.6) is 0 Å². The van der Waals surface area contributed by atoms with Crippen molar-refractivity contribution >= 4 is 36.3 Å². The molecular formula is C20H31N3O6S. The summed E-state index contributed by atoms with van der Waals surface area (Å²) >= 11 is 4.11. The lowest BCUT2D eigenvalue weighted by atomic mass is 9.96. The molecule has 0 radical (unpaired) electrons. The Balaban J connectivity index is 3.19. The highest BCUT2D eigenvalue weighted by Crippen LogP contribution is 2.13. The molecule has 0 aliphatic carbocycles. The molecule has 9 nitrogen and oxygen atoms in total. The SMILES string of the molecule is C=C/C=C/[C@@H]1CC(=O)N[C@H](C)C(=O)N[C@H](CS)C(=O)NC(C(C)C)[C@@H](O)CC(=O)O1. The average molecular weight is 442 g/mol. The molecule has 3 amide bonds. The Hall–Kier alpha value is -2.33. The van der Waals surface area contributed by atoms with Crippen molar-refractivity contribution in [2.45, 2.75) is 63.9 Å². The molecule has 1 heterocycles. The molecule has 10 heteroatoms. The van der Waals surface area contributed by atoms with Crippen LogP contribution in [-0.4, -0.2) is 64.9 Å². The van der Waals surface area contributed by atoms with Gasteiger partial charge < -0.3 is 25.8 Å². The van der Waals surface area contributed by atoms with E-state index in [1.54, 1.807) is 13.8 Å². The Labute approximate surface area is 182 Å². The van der Waals surface area contributed by atoms with Gasteiger partial charge in [-0.05, 0) is 18.9 Å². The molecular weight excluding hydrogens is 410 g/mol. The van der Waals surface area contributed by atoms with E-state index in [-0.39, 0.29) is 24.5 Å². The smallest absolute Gasteiger partial charge is 0.309 e. The molecule has 0 aromatic carbocycles. The van der Waals surface area contributed by atoms with Crippen LogP contribution in [0.1, 0.15) is 33.6 Å². The van der Waals surface area contributed by atoms with E-state index in [0.29, 0.717) is 0 Å². The molecule has 1 rings (SSSR count). The maximum atomic E-state index is 12.6. The predicted octanol–water partition coefficient (Wildman–Crippen LogP) is -0.145. The molecule has 0 saturated carbocycles. The van der Waals surface area contributed by atoms with Gasteiger partial charge in [0.2, 0.25) is 17.7 Å². The lowest BCUT2D eigenvalue weighted by Gasteiger charge is -2.29. The summed E-state index contributed by atoms with van der Waals surface area (Å²) in [7, 11) is 0. The number of thiol groups is 1. The van der Waals surface area contributed by atoms with Gasteiger partial charge in [-0.2, -0.15) is 12.6 Å². The van der Waals surface area contributed by atoms with Crippen LogP contribution in [0.15, 0.2) is 24.8 Å². The number of ether oxygens (including phenoxy) is 1. The van der Waals surface area contributed by atoms with Crippen LogP contribution in [0.3, 0.4) is 0 Å². The van der Waals surface area contributed by atoms with Crippen molar-refractivity contribution in [2.24, 2.45) is 5.92 Å². The van der Waals surface area contributed by atoms with Gasteiger partial charge in [-0.3, -0.25) is 19.2 Å². The van der Waals surface area contributed by atoms with Gasteiger partial charge in [0.1, 0.15) is 18.2 Å². The average Bonchev–Trinajstić information content (AvgIpc) is 2.66. The minimum atomic E-state index is -1.22. The monoisotopic (exact) mass is 441 g/mol. The zero-order valence-electron chi connectivity index (χ0n) is 17.5. The molecule has 0 aromatic heterocycles. The molecule has 0 bridgehead atoms. The topological polar surface area (TPSA) is 134 Å². The second kappa shape index (κ2) is 12.4. The first-order valence-electron chi connectivity index (χ1n) is 9.76. The number of aliphatic hydroxyl groups excluding tert-OH is 1. The molecule has 0 spiro atoms. The summed E-state index contributed by atoms with van der Waals surface area (Å²) < 4.78 is 5.31. The third kappa shape index (κ3) is 8.19. The van der Waals surface area contributed by atoms with Crippen molar-refractivity contribution < 1.29 is 29.0 Å². The number of nitrogens with one attached hydrogen (secondary N) is 3. The van der Waals surface area contributed by atoms with E-state index in [9.17, 15) is 24.3 Å². The molecule has 4 N–H and O–H groups in total. The first-order valence-corrected chi connectivity index (χ1v) is 10.4. The van der Waals surface area contributed by atoms with Gasteiger partial charge >= 0.3 is 5.97 Å². The van der Waals surface area contributed by atoms with E-state index in [1.165, 1.54) is 25.2 Å². The number of carbonyl (C=O) groups is 4. The highest BCUT2D eigenvalue weighted by Gasteiger charge is 2.32. The van der Waals surface area contributed by atoms with E-state index in [0.717, 1.165) is 0 Å². The second-order valence-corrected chi connectivity index (χ2v) is 7.80. The number of cyclic esters (lactones) is 1. The minimum Gasteiger partial charge on any atom is -0.457 e. The lowest BCUT2D eigenvalue weighted by molar-refractivity contribution is -0.151. The molecule has 1 saturated heterocycles. The Morgan fingerprint density at radius 1 is 1.17 bits per heavy atom. The van der Waals surface area contributed by atoms with Gasteiger partial charge in [0.25, 0.3) is 0 Å². The highest BCUT2D eigenvalue weighted by atomic mass is 32.1. The van der Waals surface area contributed by atoms with Crippen LogP contribution < -0.4 is 16.0 Å². The van der Waals surface area contributed by atoms with Gasteiger partial charge in [0, 0.05) is 5.75 Å². The van der Waals surface area contributed by atoms with E-state index >= 15 is 0 Å². The van der Waals surface area contributed by atoms with E-state index < -0.39 is 54.0 Å². The fraction of sp³-hybridized carbons (Fsp3) is 0.600. The Morgan fingerprint density at radius 2 is 1.83 bits per heavy atom. The number of rotatable bonds is 4. The van der Waals surface area contributed by atoms with Crippen LogP contribution in [0.2, 0.25) is 0 Å². The molecule has 1 unspecified atom stereocenters. The van der Waals surface area contributed by atoms with Crippen molar-refractivity contribution in [1.29, 1.82) is 0 Å². The molecule has 0 aromatic rings. The predicted molar refractivity (Wildman–Crippen MR) is 115 cm³/mol. The van der Waals surface area contributed by atoms with Crippen LogP contribution in [0.25, 0.3) is 0 Å². The van der Waals surface area contributed by atoms with Crippen LogP contribution in [0, 0.1) is 5.92 Å². The van der Waals surface area contributed by atoms with Gasteiger partial charge in [-0.15, -0.1) is 0 Å². The second-order valence-electron chi connectivity index (χ2n) is 7.44. The molecule has 5 atom stereocenters. The summed E-state index contributed by atoms with van der Waals surface area (Å²) in [6.07, 6.45) is 1.76. The summed E-state index contributed by atoms with van der Waals surface area (Å²) in [5, 5.41) is 18.2. The standard InChI is InChI=1S/C20H31N3O6S/c1-5-6-7-13-8-16(25)21-12(4)19(27)22-14(10-30)20(28)23-18(11(2)3)15(24)9-17(26)29-13/h5-7,11-15,18,24,30H,1,8-10H2,2-4H3,(H,21,25)(H,22,27)(H,23,28)/b7-6+/t12-,13-,14-,15+,18?/m1/s1. The zero-order valence-corrected chi connectivity index (χ0v) is 18.4. The van der Waals surface area contributed by atoms with Gasteiger partial charge in [0.05, 0.1) is 25.0 Å². The number of aliphatic hydroxyl groups is 1. The summed E-state index contributed by atoms with van der Waals surface area (Å²) in [6.45, 7) is 8.57. The first kappa shape index (κ1) is 25.7. The fourth-order valence-corrected chi connectivity index (χ4v) is 3.13. The Morgan fingerprint density at radius 3 is 2.40 bits per heavy atom. The molecule has 1 aliphatic heterocycles. The van der Waals surface area contributed by atoms with Crippen molar-refractivity contribution in [3.63, 3.8) is 0 Å². The van der Waals surface area contributed by atoms with Crippen molar-refractivity contribution in [2.75, 3.05) is 5.75 Å². The van der Waals surface area contributed by atoms with Crippen LogP contribution in [-0.2, 0) is 23.9 Å². The number of amides is 3. The van der Waals surface area contributed by atoms with Crippen LogP contribution >= 0.6 is 12.6 Å². The van der Waals surface area contributed by atoms with Crippen molar-refractivity contribution in [3.05, 3.63) is 24.8 Å². The number of allylic oxidation sites excluding steroid dienone is 2. The fourth-order valence-electron chi connectivity index (χ4n) is 2.88. The maximum absolute atomic E-state index is 12.6. The third-order valence-electron chi connectivity index (χ3n) is 4.54. The molecule has 30 heavy (non-hydrogen) atoms. The van der Waals surface area contributed by atoms with E-state index in [2.05, 4.69) is 35.2 Å². The molecule has 1 aliphatic rings. The number of hydrogen-bond acceptors (Lipinski definition) is 7. The summed E-state index contributed by atoms with van der Waals surface area (Å²) in [5.41, 5.74) is 0. The lowest BCUT2D eigenvalue weighted by Crippen LogP contribution is -2.57. The Kier molecular flexibility index (Phi) is 10.6. The largest absolute Gasteiger partial charge is 0.457 e. The van der Waals surface area contributed by atoms with Crippen molar-refractivity contribution in [1.82, 2.24) is 16.0 Å². The third-order valence-corrected chi connectivity index (χ3v) is 4.90. The number of hydrogen-bond donors (Lipinski definition) is 5. The number of esters is 1. The van der Waals surface area contributed by atoms with Crippen LogP contribution in [0.4, 0.5) is 0 Å². The maximum Gasteiger partial charge on any atom is 0.309 e. The van der Waals surface area contributed by atoms with Gasteiger partial charge in [-0.25, -0.2) is 0 Å². The van der Waals surface area contributed by atoms with Crippen molar-refractivity contribution in [3.8, 4) is 0 Å². The van der Waals surface area contributed by atoms with E-state index in [1.807, 2.05) is 0 Å². The highest BCUT2D eigenvalue weighted by molar-refractivity contribution is 7.80. The zero-order chi connectivity index (χ0) is 22.8. The van der Waals surface area contributed by atoms with Gasteiger partial charge in [-0.1, -0.05) is 32.6 Å². The van der Waals surface area contributed by atoms with Gasteiger partial charge in [0.15, 0.2) is 0 Å². The molecule has 1 fully saturated rings. The quantitative estimate of drug-likeness (QED) is 0.234. The first-order chi connectivity index (χ1) is 14.1. The summed E-state index contributed by atoms with van der Waals surface area (Å²) in [6, 6.07) is -2.66. The Bertz CT molecular complexity index is 681.